The van der Waals surface area contributed by atoms with Crippen molar-refractivity contribution in [3.05, 3.63) is 89.0 Å². The van der Waals surface area contributed by atoms with Crippen LogP contribution in [0.5, 0.6) is 11.5 Å². The first-order valence-corrected chi connectivity index (χ1v) is 11.7. The Labute approximate surface area is 209 Å². The Hall–Kier alpha value is -4.14. The van der Waals surface area contributed by atoms with Crippen molar-refractivity contribution in [2.24, 2.45) is 0 Å². The summed E-state index contributed by atoms with van der Waals surface area (Å²) in [5.74, 6) is 0.630. The van der Waals surface area contributed by atoms with Crippen LogP contribution in [-0.4, -0.2) is 49.1 Å². The Balaban J connectivity index is 1.47. The SMILES string of the molecule is COc1cc2c(cc1OC)[C@@H](c1ccc(F)cc1)N(C(=O)NCCC(=O)NCc1ccccn1)CC2. The van der Waals surface area contributed by atoms with Gasteiger partial charge in [-0.25, -0.2) is 9.18 Å². The van der Waals surface area contributed by atoms with Gasteiger partial charge in [-0.1, -0.05) is 18.2 Å². The fraction of sp³-hybridized carbons (Fsp3) is 0.296. The van der Waals surface area contributed by atoms with Gasteiger partial charge in [0.25, 0.3) is 0 Å². The van der Waals surface area contributed by atoms with Crippen molar-refractivity contribution in [3.8, 4) is 11.5 Å². The molecule has 0 unspecified atom stereocenters. The number of nitrogens with zero attached hydrogens (tertiary/aromatic N) is 2. The first kappa shape index (κ1) is 25.0. The molecule has 9 heteroatoms. The highest BCUT2D eigenvalue weighted by atomic mass is 19.1. The number of rotatable bonds is 8. The first-order valence-electron chi connectivity index (χ1n) is 11.7. The lowest BCUT2D eigenvalue weighted by atomic mass is 9.88. The lowest BCUT2D eigenvalue weighted by molar-refractivity contribution is -0.121. The number of halogens is 1. The highest BCUT2D eigenvalue weighted by molar-refractivity contribution is 5.79. The number of fused-ring (bicyclic) bond motifs is 1. The molecule has 1 aliphatic rings. The zero-order valence-corrected chi connectivity index (χ0v) is 20.3. The van der Waals surface area contributed by atoms with E-state index in [0.717, 1.165) is 22.4 Å². The van der Waals surface area contributed by atoms with E-state index in [2.05, 4.69) is 15.6 Å². The molecule has 2 heterocycles. The van der Waals surface area contributed by atoms with Crippen molar-refractivity contribution >= 4 is 11.9 Å². The van der Waals surface area contributed by atoms with Crippen LogP contribution in [0.4, 0.5) is 9.18 Å². The van der Waals surface area contributed by atoms with Gasteiger partial charge >= 0.3 is 6.03 Å². The van der Waals surface area contributed by atoms with Gasteiger partial charge in [-0.15, -0.1) is 0 Å². The van der Waals surface area contributed by atoms with Crippen LogP contribution in [0.2, 0.25) is 0 Å². The predicted molar refractivity (Wildman–Crippen MR) is 132 cm³/mol. The molecule has 2 N–H and O–H groups in total. The first-order chi connectivity index (χ1) is 17.5. The molecule has 36 heavy (non-hydrogen) atoms. The van der Waals surface area contributed by atoms with Crippen molar-refractivity contribution < 1.29 is 23.5 Å². The number of benzene rings is 2. The Morgan fingerprint density at radius 2 is 1.81 bits per heavy atom. The quantitative estimate of drug-likeness (QED) is 0.501. The van der Waals surface area contributed by atoms with Crippen LogP contribution >= 0.6 is 0 Å². The summed E-state index contributed by atoms with van der Waals surface area (Å²) in [5, 5.41) is 5.66. The molecule has 2 aromatic carbocycles. The molecule has 3 aromatic rings. The van der Waals surface area contributed by atoms with Gasteiger partial charge in [0.05, 0.1) is 32.5 Å². The number of nitrogens with one attached hydrogen (secondary N) is 2. The van der Waals surface area contributed by atoms with E-state index in [9.17, 15) is 14.0 Å². The van der Waals surface area contributed by atoms with E-state index in [1.54, 1.807) is 37.4 Å². The third-order valence-corrected chi connectivity index (χ3v) is 6.14. The van der Waals surface area contributed by atoms with Crippen molar-refractivity contribution in [1.82, 2.24) is 20.5 Å². The van der Waals surface area contributed by atoms with Gasteiger partial charge in [0.2, 0.25) is 5.91 Å². The molecule has 1 aromatic heterocycles. The summed E-state index contributed by atoms with van der Waals surface area (Å²) in [6.07, 6.45) is 2.42. The number of hydrogen-bond donors (Lipinski definition) is 2. The number of amides is 3. The average Bonchev–Trinajstić information content (AvgIpc) is 2.91. The Morgan fingerprint density at radius 3 is 2.50 bits per heavy atom. The highest BCUT2D eigenvalue weighted by Crippen LogP contribution is 2.41. The third kappa shape index (κ3) is 5.73. The second-order valence-electron chi connectivity index (χ2n) is 8.38. The van der Waals surface area contributed by atoms with Crippen LogP contribution in [0.25, 0.3) is 0 Å². The second-order valence-corrected chi connectivity index (χ2v) is 8.38. The number of aromatic nitrogens is 1. The van der Waals surface area contributed by atoms with Gasteiger partial charge in [-0.2, -0.15) is 0 Å². The number of urea groups is 1. The van der Waals surface area contributed by atoms with Crippen LogP contribution in [0, 0.1) is 5.82 Å². The summed E-state index contributed by atoms with van der Waals surface area (Å²) in [6, 6.07) is 14.6. The van der Waals surface area contributed by atoms with Crippen molar-refractivity contribution in [3.63, 3.8) is 0 Å². The van der Waals surface area contributed by atoms with Gasteiger partial charge in [0.15, 0.2) is 11.5 Å². The van der Waals surface area contributed by atoms with Crippen LogP contribution < -0.4 is 20.1 Å². The molecule has 8 nitrogen and oxygen atoms in total. The van der Waals surface area contributed by atoms with Crippen molar-refractivity contribution in [2.75, 3.05) is 27.3 Å². The molecule has 4 rings (SSSR count). The second kappa shape index (κ2) is 11.5. The zero-order chi connectivity index (χ0) is 25.5. The van der Waals surface area contributed by atoms with Gasteiger partial charge in [-0.3, -0.25) is 9.78 Å². The summed E-state index contributed by atoms with van der Waals surface area (Å²) in [7, 11) is 3.14. The van der Waals surface area contributed by atoms with Crippen LogP contribution in [0.3, 0.4) is 0 Å². The predicted octanol–water partition coefficient (Wildman–Crippen LogP) is 3.60. The van der Waals surface area contributed by atoms with Gasteiger partial charge in [0, 0.05) is 25.7 Å². The largest absolute Gasteiger partial charge is 0.493 e. The third-order valence-electron chi connectivity index (χ3n) is 6.14. The zero-order valence-electron chi connectivity index (χ0n) is 20.3. The van der Waals surface area contributed by atoms with E-state index < -0.39 is 6.04 Å². The maximum Gasteiger partial charge on any atom is 0.318 e. The van der Waals surface area contributed by atoms with Crippen LogP contribution in [0.15, 0.2) is 60.8 Å². The maximum absolute atomic E-state index is 13.7. The number of ether oxygens (including phenoxy) is 2. The summed E-state index contributed by atoms with van der Waals surface area (Å²) < 4.78 is 24.6. The number of methoxy groups -OCH3 is 2. The van der Waals surface area contributed by atoms with E-state index >= 15 is 0 Å². The van der Waals surface area contributed by atoms with Gasteiger partial charge < -0.3 is 25.0 Å². The standard InChI is InChI=1S/C27H29FN4O4/c1-35-23-15-19-11-14-32(26(22(19)16-24(23)36-2)18-6-8-20(28)9-7-18)27(34)30-13-10-25(33)31-17-21-5-3-4-12-29-21/h3-9,12,15-16,26H,10-11,13-14,17H2,1-2H3,(H,30,34)(H,31,33)/t26-/m1/s1. The fourth-order valence-electron chi connectivity index (χ4n) is 4.33. The molecule has 0 radical (unpaired) electrons. The molecule has 0 saturated heterocycles. The summed E-state index contributed by atoms with van der Waals surface area (Å²) in [6.45, 7) is 0.953. The maximum atomic E-state index is 13.7. The van der Waals surface area contributed by atoms with E-state index in [4.69, 9.17) is 9.47 Å². The lowest BCUT2D eigenvalue weighted by Crippen LogP contribution is -2.46. The Bertz CT molecular complexity index is 1200. The minimum absolute atomic E-state index is 0.134. The minimum atomic E-state index is -0.452. The summed E-state index contributed by atoms with van der Waals surface area (Å²) in [5.41, 5.74) is 3.44. The van der Waals surface area contributed by atoms with Crippen LogP contribution in [-0.2, 0) is 17.8 Å². The topological polar surface area (TPSA) is 92.8 Å². The van der Waals surface area contributed by atoms with Crippen molar-refractivity contribution in [1.29, 1.82) is 0 Å². The molecule has 188 valence electrons. The molecule has 1 aliphatic heterocycles. The van der Waals surface area contributed by atoms with Crippen LogP contribution in [0.1, 0.15) is 34.8 Å². The van der Waals surface area contributed by atoms with E-state index in [1.165, 1.54) is 12.1 Å². The summed E-state index contributed by atoms with van der Waals surface area (Å²) >= 11 is 0. The molecule has 0 bridgehead atoms. The smallest absolute Gasteiger partial charge is 0.318 e. The molecular weight excluding hydrogens is 463 g/mol. The molecule has 3 amide bonds. The Morgan fingerprint density at radius 1 is 1.06 bits per heavy atom. The number of hydrogen-bond acceptors (Lipinski definition) is 5. The number of carbonyl (C=O) groups is 2. The van der Waals surface area contributed by atoms with Crippen molar-refractivity contribution in [2.45, 2.75) is 25.4 Å². The molecular formula is C27H29FN4O4. The van der Waals surface area contributed by atoms with E-state index in [-0.39, 0.29) is 30.7 Å². The molecule has 0 fully saturated rings. The molecule has 1 atom stereocenters. The fourth-order valence-corrected chi connectivity index (χ4v) is 4.33. The molecule has 0 spiro atoms. The Kier molecular flexibility index (Phi) is 7.99. The molecule has 0 aliphatic carbocycles. The van der Waals surface area contributed by atoms with Gasteiger partial charge in [-0.05, 0) is 59.5 Å². The van der Waals surface area contributed by atoms with E-state index in [0.29, 0.717) is 31.0 Å². The monoisotopic (exact) mass is 492 g/mol. The van der Waals surface area contributed by atoms with E-state index in [1.807, 2.05) is 30.3 Å². The van der Waals surface area contributed by atoms with Gasteiger partial charge in [0.1, 0.15) is 5.82 Å². The normalized spacial score (nSPS) is 14.5. The lowest BCUT2D eigenvalue weighted by Gasteiger charge is -2.38. The number of pyridine rings is 1. The molecule has 0 saturated carbocycles. The number of carbonyl (C=O) groups excluding carboxylic acids is 2. The average molecular weight is 493 g/mol. The minimum Gasteiger partial charge on any atom is -0.493 e. The highest BCUT2D eigenvalue weighted by Gasteiger charge is 2.33. The summed E-state index contributed by atoms with van der Waals surface area (Å²) in [4.78, 5) is 31.3.